The quantitative estimate of drug-likeness (QED) is 0.340. The van der Waals surface area contributed by atoms with E-state index < -0.39 is 28.3 Å². The van der Waals surface area contributed by atoms with Gasteiger partial charge in [-0.15, -0.1) is 0 Å². The van der Waals surface area contributed by atoms with Gasteiger partial charge < -0.3 is 0 Å². The maximum atomic E-state index is 10.5. The Morgan fingerprint density at radius 2 is 2.23 bits per heavy atom. The standard InChI is InChI=1S/C7H4NO3.ClH.Hg/c9-5-6-1-3-7(4-2-6)8(10)11;;/h1,3-5H;1H;/q;;+1/p-1. The number of aldehydes is 1. The van der Waals surface area contributed by atoms with Crippen molar-refractivity contribution >= 4 is 23.3 Å². The summed E-state index contributed by atoms with van der Waals surface area (Å²) < 4.78 is 0.700. The van der Waals surface area contributed by atoms with E-state index in [0.717, 1.165) is 0 Å². The van der Waals surface area contributed by atoms with Gasteiger partial charge in [-0.2, -0.15) is 0 Å². The van der Waals surface area contributed by atoms with E-state index in [9.17, 15) is 14.9 Å². The maximum absolute atomic E-state index is 10.5. The molecule has 0 aromatic heterocycles. The summed E-state index contributed by atoms with van der Waals surface area (Å²) in [6.45, 7) is 0. The van der Waals surface area contributed by atoms with Gasteiger partial charge >= 0.3 is 90.2 Å². The van der Waals surface area contributed by atoms with Crippen molar-refractivity contribution in [3.63, 3.8) is 0 Å². The van der Waals surface area contributed by atoms with Crippen LogP contribution in [-0.4, -0.2) is 11.2 Å². The van der Waals surface area contributed by atoms with Gasteiger partial charge in [-0.1, -0.05) is 0 Å². The van der Waals surface area contributed by atoms with Crippen molar-refractivity contribution in [2.45, 2.75) is 0 Å². The number of nitrogens with zero attached hydrogens (tertiary/aromatic N) is 1. The SMILES string of the molecule is O=Cc1ccc([N+](=O)[O-])c[c]1[Hg][Cl]. The van der Waals surface area contributed by atoms with Gasteiger partial charge in [0.1, 0.15) is 0 Å². The Labute approximate surface area is 89.9 Å². The number of rotatable bonds is 3. The number of nitro benzene ring substituents is 1. The molecule has 0 aliphatic carbocycles. The van der Waals surface area contributed by atoms with Crippen molar-refractivity contribution in [1.82, 2.24) is 0 Å². The first-order valence-corrected chi connectivity index (χ1v) is 13.0. The van der Waals surface area contributed by atoms with E-state index in [-0.39, 0.29) is 5.69 Å². The van der Waals surface area contributed by atoms with Crippen molar-refractivity contribution in [2.75, 3.05) is 0 Å². The number of hydrogen-bond donors (Lipinski definition) is 0. The minimum absolute atomic E-state index is 0.00116. The van der Waals surface area contributed by atoms with E-state index in [0.29, 0.717) is 14.9 Å². The average molecular weight is 386 g/mol. The van der Waals surface area contributed by atoms with Gasteiger partial charge in [-0.05, 0) is 0 Å². The van der Waals surface area contributed by atoms with E-state index in [4.69, 9.17) is 8.25 Å². The Hall–Kier alpha value is -0.485. The summed E-state index contributed by atoms with van der Waals surface area (Å²) in [5.74, 6) is 0. The van der Waals surface area contributed by atoms with Gasteiger partial charge in [0.25, 0.3) is 0 Å². The number of carbonyl (C=O) groups is 1. The van der Waals surface area contributed by atoms with Crippen molar-refractivity contribution < 1.29 is 33.1 Å². The molecule has 0 atom stereocenters. The molecule has 0 heterocycles. The fraction of sp³-hybridized carbons (Fsp3) is 0. The molecule has 0 amide bonds. The zero-order valence-electron chi connectivity index (χ0n) is 6.57. The van der Waals surface area contributed by atoms with Crippen LogP contribution in [-0.2, 0) is 23.3 Å². The van der Waals surface area contributed by atoms with E-state index >= 15 is 0 Å². The van der Waals surface area contributed by atoms with Gasteiger partial charge in [0.05, 0.1) is 0 Å². The molecule has 0 bridgehead atoms. The Morgan fingerprint density at radius 1 is 1.54 bits per heavy atom. The third kappa shape index (κ3) is 2.48. The molecular weight excluding hydrogens is 382 g/mol. The molecule has 1 aromatic carbocycles. The van der Waals surface area contributed by atoms with Crippen LogP contribution in [0.3, 0.4) is 0 Å². The monoisotopic (exact) mass is 387 g/mol. The molecule has 0 radical (unpaired) electrons. The Kier molecular flexibility index (Phi) is 3.80. The van der Waals surface area contributed by atoms with Crippen molar-refractivity contribution in [2.24, 2.45) is 0 Å². The van der Waals surface area contributed by atoms with Crippen LogP contribution in [0.2, 0.25) is 0 Å². The van der Waals surface area contributed by atoms with Gasteiger partial charge in [-0.3, -0.25) is 0 Å². The Bertz CT molecular complexity index is 356. The zero-order chi connectivity index (χ0) is 9.84. The van der Waals surface area contributed by atoms with E-state index in [1.165, 1.54) is 18.2 Å². The predicted octanol–water partition coefficient (Wildman–Crippen LogP) is 1.27. The molecule has 64 valence electrons. The second-order valence-corrected chi connectivity index (χ2v) is 8.74. The minimum atomic E-state index is -1.76. The van der Waals surface area contributed by atoms with Crippen molar-refractivity contribution in [1.29, 1.82) is 0 Å². The van der Waals surface area contributed by atoms with Crippen LogP contribution in [0.4, 0.5) is 5.69 Å². The number of hydrogen-bond acceptors (Lipinski definition) is 3. The van der Waals surface area contributed by atoms with Crippen LogP contribution in [0.5, 0.6) is 0 Å². The number of nitro groups is 1. The number of halogens is 1. The van der Waals surface area contributed by atoms with E-state index in [1.807, 2.05) is 0 Å². The topological polar surface area (TPSA) is 60.2 Å². The summed E-state index contributed by atoms with van der Waals surface area (Å²) in [6, 6.07) is 4.16. The van der Waals surface area contributed by atoms with Gasteiger partial charge in [0.15, 0.2) is 0 Å². The Morgan fingerprint density at radius 3 is 2.69 bits per heavy atom. The molecule has 6 heteroatoms. The fourth-order valence-corrected chi connectivity index (χ4v) is 5.46. The van der Waals surface area contributed by atoms with Crippen LogP contribution < -0.4 is 3.07 Å². The van der Waals surface area contributed by atoms with E-state index in [1.54, 1.807) is 0 Å². The van der Waals surface area contributed by atoms with E-state index in [2.05, 4.69) is 0 Å². The molecule has 4 nitrogen and oxygen atoms in total. The second-order valence-electron chi connectivity index (χ2n) is 2.39. The molecular formula is C7H4ClHgNO3. The second kappa shape index (κ2) is 4.67. The molecule has 0 N–H and O–H groups in total. The predicted molar refractivity (Wildman–Crippen MR) is 44.0 cm³/mol. The molecule has 0 saturated carbocycles. The normalized spacial score (nSPS) is 9.00. The first kappa shape index (κ1) is 10.6. The molecule has 1 rings (SSSR count). The third-order valence-corrected chi connectivity index (χ3v) is 7.63. The summed E-state index contributed by atoms with van der Waals surface area (Å²) in [6.07, 6.45) is 0.682. The molecule has 13 heavy (non-hydrogen) atoms. The van der Waals surface area contributed by atoms with Gasteiger partial charge in [0, 0.05) is 0 Å². The summed E-state index contributed by atoms with van der Waals surface area (Å²) in [5, 5.41) is 10.4. The van der Waals surface area contributed by atoms with Crippen LogP contribution in [0.15, 0.2) is 18.2 Å². The van der Waals surface area contributed by atoms with Crippen LogP contribution in [0.1, 0.15) is 10.4 Å². The van der Waals surface area contributed by atoms with Crippen LogP contribution >= 0.6 is 8.25 Å². The molecule has 0 saturated heterocycles. The fourth-order valence-electron chi connectivity index (χ4n) is 0.936. The Balaban J connectivity index is 3.20. The first-order valence-electron chi connectivity index (χ1n) is 3.47. The molecule has 0 spiro atoms. The summed E-state index contributed by atoms with van der Waals surface area (Å²) in [5.41, 5.74) is 0.489. The molecule has 0 unspecified atom stereocenters. The first-order chi connectivity index (χ1) is 6.19. The summed E-state index contributed by atoms with van der Waals surface area (Å²) in [4.78, 5) is 20.4. The third-order valence-electron chi connectivity index (χ3n) is 1.61. The average Bonchev–Trinajstić information content (AvgIpc) is 2.16. The summed E-state index contributed by atoms with van der Waals surface area (Å²) >= 11 is -1.76. The molecule has 0 aliphatic rings. The zero-order valence-corrected chi connectivity index (χ0v) is 12.8. The molecule has 0 aliphatic heterocycles. The van der Waals surface area contributed by atoms with Gasteiger partial charge in [-0.25, -0.2) is 0 Å². The summed E-state index contributed by atoms with van der Waals surface area (Å²) in [7, 11) is 5.73. The number of carbonyl (C=O) groups excluding carboxylic acids is 1. The van der Waals surface area contributed by atoms with Crippen LogP contribution in [0, 0.1) is 10.1 Å². The number of benzene rings is 1. The van der Waals surface area contributed by atoms with Crippen LogP contribution in [0.25, 0.3) is 0 Å². The van der Waals surface area contributed by atoms with Gasteiger partial charge in [0.2, 0.25) is 0 Å². The number of non-ortho nitro benzene ring substituents is 1. The molecule has 1 aromatic rings. The van der Waals surface area contributed by atoms with Crippen molar-refractivity contribution in [3.05, 3.63) is 33.9 Å². The van der Waals surface area contributed by atoms with Crippen molar-refractivity contribution in [3.8, 4) is 0 Å². The molecule has 0 fully saturated rings.